The summed E-state index contributed by atoms with van der Waals surface area (Å²) in [6.07, 6.45) is 17.3. The van der Waals surface area contributed by atoms with Crippen molar-refractivity contribution < 1.29 is 5.11 Å². The van der Waals surface area contributed by atoms with Gasteiger partial charge in [-0.3, -0.25) is 0 Å². The molecule has 0 spiro atoms. The fraction of sp³-hybridized carbons (Fsp3) is 0.793. The van der Waals surface area contributed by atoms with Crippen LogP contribution in [0, 0.1) is 35.5 Å². The molecule has 0 aromatic heterocycles. The van der Waals surface area contributed by atoms with E-state index in [0.717, 1.165) is 35.5 Å². The first kappa shape index (κ1) is 18.6. The van der Waals surface area contributed by atoms with E-state index in [1.54, 1.807) is 11.1 Å². The Morgan fingerprint density at radius 1 is 0.633 bits per heavy atom. The lowest BCUT2D eigenvalue weighted by molar-refractivity contribution is -0.0186. The van der Waals surface area contributed by atoms with Crippen LogP contribution < -0.4 is 0 Å². The van der Waals surface area contributed by atoms with Crippen LogP contribution in [0.3, 0.4) is 0 Å². The SMILES string of the molecule is CC(C)c1ccc(O)c(C23CC4CC(CC(C4)C2)C3)c1C12CC3CC(CC(C3)C1)C2. The average molecular weight is 405 g/mol. The molecule has 8 aliphatic carbocycles. The molecule has 0 radical (unpaired) electrons. The Balaban J connectivity index is 1.45. The summed E-state index contributed by atoms with van der Waals surface area (Å²) in [5.74, 6) is 6.91. The molecule has 30 heavy (non-hydrogen) atoms. The van der Waals surface area contributed by atoms with Gasteiger partial charge in [0.05, 0.1) is 0 Å². The van der Waals surface area contributed by atoms with Crippen LogP contribution in [-0.2, 0) is 10.8 Å². The molecule has 0 aliphatic heterocycles. The topological polar surface area (TPSA) is 20.2 Å². The maximum absolute atomic E-state index is 11.6. The maximum atomic E-state index is 11.6. The van der Waals surface area contributed by atoms with Crippen LogP contribution in [0.1, 0.15) is 114 Å². The van der Waals surface area contributed by atoms with Gasteiger partial charge in [-0.2, -0.15) is 0 Å². The molecule has 1 nitrogen and oxygen atoms in total. The van der Waals surface area contributed by atoms with Crippen molar-refractivity contribution in [3.63, 3.8) is 0 Å². The van der Waals surface area contributed by atoms with Crippen LogP contribution in [0.15, 0.2) is 12.1 Å². The van der Waals surface area contributed by atoms with E-state index in [1.165, 1.54) is 82.6 Å². The van der Waals surface area contributed by atoms with Gasteiger partial charge < -0.3 is 5.11 Å². The summed E-state index contributed by atoms with van der Waals surface area (Å²) >= 11 is 0. The van der Waals surface area contributed by atoms with Crippen LogP contribution in [0.5, 0.6) is 5.75 Å². The molecule has 1 aromatic rings. The van der Waals surface area contributed by atoms with Crippen LogP contribution in [0.4, 0.5) is 0 Å². The highest BCUT2D eigenvalue weighted by molar-refractivity contribution is 5.55. The van der Waals surface area contributed by atoms with Crippen molar-refractivity contribution in [3.05, 3.63) is 28.8 Å². The van der Waals surface area contributed by atoms with E-state index >= 15 is 0 Å². The summed E-state index contributed by atoms with van der Waals surface area (Å²) in [6.45, 7) is 4.81. The molecular weight excluding hydrogens is 364 g/mol. The van der Waals surface area contributed by atoms with Crippen molar-refractivity contribution in [2.75, 3.05) is 0 Å². The van der Waals surface area contributed by atoms with Gasteiger partial charge in [-0.05, 0) is 141 Å². The van der Waals surface area contributed by atoms with Crippen molar-refractivity contribution in [1.29, 1.82) is 0 Å². The minimum Gasteiger partial charge on any atom is -0.508 e. The Bertz CT molecular complexity index is 806. The fourth-order valence-electron chi connectivity index (χ4n) is 11.0. The lowest BCUT2D eigenvalue weighted by atomic mass is 9.43. The van der Waals surface area contributed by atoms with E-state index in [2.05, 4.69) is 26.0 Å². The number of phenols is 1. The van der Waals surface area contributed by atoms with E-state index in [4.69, 9.17) is 0 Å². The van der Waals surface area contributed by atoms with Crippen molar-refractivity contribution in [1.82, 2.24) is 0 Å². The Labute approximate surface area is 183 Å². The van der Waals surface area contributed by atoms with Crippen molar-refractivity contribution >= 4 is 0 Å². The molecule has 8 saturated carbocycles. The minimum atomic E-state index is 0.294. The zero-order valence-corrected chi connectivity index (χ0v) is 19.1. The van der Waals surface area contributed by atoms with Gasteiger partial charge in [-0.1, -0.05) is 19.9 Å². The molecule has 1 N–H and O–H groups in total. The molecule has 0 unspecified atom stereocenters. The quantitative estimate of drug-likeness (QED) is 0.554. The van der Waals surface area contributed by atoms with Gasteiger partial charge in [-0.25, -0.2) is 0 Å². The average Bonchev–Trinajstić information content (AvgIpc) is 2.65. The van der Waals surface area contributed by atoms with Gasteiger partial charge in [0, 0.05) is 11.0 Å². The van der Waals surface area contributed by atoms with Crippen molar-refractivity contribution in [2.45, 2.75) is 108 Å². The van der Waals surface area contributed by atoms with Gasteiger partial charge in [-0.15, -0.1) is 0 Å². The predicted octanol–water partition coefficient (Wildman–Crippen LogP) is 7.45. The molecule has 162 valence electrons. The first-order chi connectivity index (χ1) is 14.4. The highest BCUT2D eigenvalue weighted by atomic mass is 16.3. The summed E-state index contributed by atoms with van der Waals surface area (Å²) < 4.78 is 0. The zero-order chi connectivity index (χ0) is 20.3. The van der Waals surface area contributed by atoms with E-state index < -0.39 is 0 Å². The minimum absolute atomic E-state index is 0.294. The molecule has 1 heteroatoms. The Morgan fingerprint density at radius 2 is 1.00 bits per heavy atom. The van der Waals surface area contributed by atoms with Gasteiger partial charge in [0.1, 0.15) is 5.75 Å². The Hall–Kier alpha value is -0.980. The third-order valence-corrected chi connectivity index (χ3v) is 11.0. The monoisotopic (exact) mass is 404 g/mol. The van der Waals surface area contributed by atoms with Crippen LogP contribution in [0.25, 0.3) is 0 Å². The molecular formula is C29H40O. The van der Waals surface area contributed by atoms with Crippen LogP contribution in [-0.4, -0.2) is 5.11 Å². The summed E-state index contributed by atoms with van der Waals surface area (Å²) in [5, 5.41) is 11.6. The number of hydrogen-bond acceptors (Lipinski definition) is 1. The number of rotatable bonds is 3. The third-order valence-electron chi connectivity index (χ3n) is 11.0. The molecule has 8 aliphatic rings. The van der Waals surface area contributed by atoms with Crippen molar-refractivity contribution in [2.24, 2.45) is 35.5 Å². The molecule has 0 amide bonds. The smallest absolute Gasteiger partial charge is 0.119 e. The van der Waals surface area contributed by atoms with Gasteiger partial charge >= 0.3 is 0 Å². The molecule has 0 atom stereocenters. The second-order valence-electron chi connectivity index (χ2n) is 13.5. The number of benzene rings is 1. The highest BCUT2D eigenvalue weighted by Gasteiger charge is 2.58. The molecule has 8 bridgehead atoms. The van der Waals surface area contributed by atoms with Crippen LogP contribution in [0.2, 0.25) is 0 Å². The number of phenolic OH excluding ortho intramolecular Hbond substituents is 1. The third kappa shape index (κ3) is 2.47. The van der Waals surface area contributed by atoms with Gasteiger partial charge in [0.25, 0.3) is 0 Å². The van der Waals surface area contributed by atoms with Gasteiger partial charge in [0.2, 0.25) is 0 Å². The molecule has 1 aromatic carbocycles. The largest absolute Gasteiger partial charge is 0.508 e. The number of hydrogen-bond donors (Lipinski definition) is 1. The molecule has 0 saturated heterocycles. The first-order valence-corrected chi connectivity index (χ1v) is 13.3. The summed E-state index contributed by atoms with van der Waals surface area (Å²) in [7, 11) is 0. The van der Waals surface area contributed by atoms with Gasteiger partial charge in [0.15, 0.2) is 0 Å². The Morgan fingerprint density at radius 3 is 1.37 bits per heavy atom. The molecule has 9 rings (SSSR count). The first-order valence-electron chi connectivity index (χ1n) is 13.3. The molecule has 0 heterocycles. The fourth-order valence-corrected chi connectivity index (χ4v) is 11.0. The maximum Gasteiger partial charge on any atom is 0.119 e. The summed E-state index contributed by atoms with van der Waals surface area (Å²) in [4.78, 5) is 0. The highest BCUT2D eigenvalue weighted by Crippen LogP contribution is 2.67. The van der Waals surface area contributed by atoms with E-state index in [0.29, 0.717) is 22.5 Å². The second-order valence-corrected chi connectivity index (χ2v) is 13.5. The van der Waals surface area contributed by atoms with Crippen LogP contribution >= 0.6 is 0 Å². The lowest BCUT2D eigenvalue weighted by Crippen LogP contribution is -2.52. The normalized spacial score (nSPS) is 48.1. The second kappa shape index (κ2) is 6.08. The van der Waals surface area contributed by atoms with E-state index in [1.807, 2.05) is 0 Å². The molecule has 8 fully saturated rings. The standard InChI is InChI=1S/C29H40O/c1-17(2)24-3-4-25(30)27(29-14-21-8-22(15-29)10-23(9-21)16-29)26(24)28-11-18-5-19(12-28)7-20(6-18)13-28/h3-4,17-23,30H,5-16H2,1-2H3. The summed E-state index contributed by atoms with van der Waals surface area (Å²) in [6, 6.07) is 4.44. The zero-order valence-electron chi connectivity index (χ0n) is 19.1. The Kier molecular flexibility index (Phi) is 3.76. The van der Waals surface area contributed by atoms with Crippen molar-refractivity contribution in [3.8, 4) is 5.75 Å². The van der Waals surface area contributed by atoms with E-state index in [9.17, 15) is 5.11 Å². The number of aromatic hydroxyl groups is 1. The van der Waals surface area contributed by atoms with E-state index in [-0.39, 0.29) is 0 Å². The lowest BCUT2D eigenvalue weighted by Gasteiger charge is -2.61. The summed E-state index contributed by atoms with van der Waals surface area (Å²) in [5.41, 5.74) is 5.47. The predicted molar refractivity (Wildman–Crippen MR) is 122 cm³/mol.